The zero-order valence-corrected chi connectivity index (χ0v) is 13.8. The van der Waals surface area contributed by atoms with Gasteiger partial charge in [0.1, 0.15) is 7.19 Å². The molecule has 9 nitrogen and oxygen atoms in total. The number of piperazine rings is 1. The topological polar surface area (TPSA) is 107 Å². The van der Waals surface area contributed by atoms with Crippen LogP contribution in [0.25, 0.3) is 10.9 Å². The average Bonchev–Trinajstić information content (AvgIpc) is 3.12. The number of nitrogens with two attached hydrogens (primary N) is 1. The summed E-state index contributed by atoms with van der Waals surface area (Å²) in [5.74, 6) is -6.01. The van der Waals surface area contributed by atoms with Crippen molar-refractivity contribution in [3.8, 4) is 11.5 Å². The number of carbonyl (C=O) groups excluding carboxylic acids is 1. The number of methoxy groups -OCH3 is 2. The van der Waals surface area contributed by atoms with Crippen LogP contribution in [0, 0.1) is 0 Å². The van der Waals surface area contributed by atoms with E-state index >= 15 is 0 Å². The third-order valence-corrected chi connectivity index (χ3v) is 3.66. The van der Waals surface area contributed by atoms with Gasteiger partial charge in [0.2, 0.25) is 5.95 Å². The zero-order chi connectivity index (χ0) is 34.2. The van der Waals surface area contributed by atoms with Crippen molar-refractivity contribution in [1.82, 2.24) is 14.9 Å². The normalized spacial score (nSPS) is 27.5. The van der Waals surface area contributed by atoms with E-state index in [1.54, 1.807) is 0 Å². The van der Waals surface area contributed by atoms with Crippen molar-refractivity contribution in [2.24, 2.45) is 0 Å². The number of ether oxygens (including phenoxy) is 2. The third-order valence-electron chi connectivity index (χ3n) is 3.66. The predicted octanol–water partition coefficient (Wildman–Crippen LogP) is 1.78. The van der Waals surface area contributed by atoms with E-state index in [2.05, 4.69) is 9.97 Å². The van der Waals surface area contributed by atoms with Gasteiger partial charge in [-0.15, -0.1) is 0 Å². The van der Waals surface area contributed by atoms with Gasteiger partial charge in [-0.1, -0.05) is 0 Å². The highest BCUT2D eigenvalue weighted by Crippen LogP contribution is 2.34. The van der Waals surface area contributed by atoms with E-state index in [9.17, 15) is 4.79 Å². The van der Waals surface area contributed by atoms with Crippen LogP contribution in [-0.4, -0.2) is 60.9 Å². The van der Waals surface area contributed by atoms with Crippen LogP contribution in [0.3, 0.4) is 0 Å². The minimum absolute atomic E-state index is 0.219. The fourth-order valence-electron chi connectivity index (χ4n) is 2.36. The first-order valence-corrected chi connectivity index (χ1v) is 7.53. The standard InChI is InChI=1S/C19H21N5O4/c1-26-15-10-12-13(11-16(15)27-2)21-19(22-17(12)20)24-7-5-23(6-8-24)18(25)14-4-3-9-28-14/h3-4,9-11H,5-8H2,1-2H3,(H2,20,21,22)/i1D3,2D3,3D,4D,7D2,8D2,9D,10D,11D/hD2. The highest BCUT2D eigenvalue weighted by atomic mass is 16.5. The third kappa shape index (κ3) is 3.15. The summed E-state index contributed by atoms with van der Waals surface area (Å²) in [4.78, 5) is 21.8. The van der Waals surface area contributed by atoms with Gasteiger partial charge >= 0.3 is 0 Å². The number of anilines is 2. The van der Waals surface area contributed by atoms with Crippen LogP contribution in [0.4, 0.5) is 11.8 Å². The lowest BCUT2D eigenvalue weighted by atomic mass is 10.2. The monoisotopic (exact) mass is 400 g/mol. The number of nitrogens with zero attached hydrogens (tertiary/aromatic N) is 4. The SMILES string of the molecule is [2H]c1oc(C(=O)N2CC([2H])([2H])N(c3nc(N([2H])[2H])c4c([2H])c(OC([2H])([2H])[2H])c(OC([2H])([2H])[2H])c([2H])c4n3)C([2H])([2H])C2)c([2H])c1[2H]. The Bertz CT molecular complexity index is 1650. The molecule has 0 spiro atoms. The molecule has 9 heteroatoms. The molecule has 0 saturated carbocycles. The predicted molar refractivity (Wildman–Crippen MR) is 104 cm³/mol. The summed E-state index contributed by atoms with van der Waals surface area (Å²) in [6.07, 6.45) is -0.810. The molecule has 1 aliphatic rings. The Morgan fingerprint density at radius 3 is 2.79 bits per heavy atom. The quantitative estimate of drug-likeness (QED) is 0.691. The van der Waals surface area contributed by atoms with E-state index in [1.165, 1.54) is 0 Å². The maximum Gasteiger partial charge on any atom is 0.289 e. The first-order valence-electron chi connectivity index (χ1n) is 15.9. The minimum atomic E-state index is -3.31. The number of rotatable bonds is 5. The smallest absolute Gasteiger partial charge is 0.289 e. The molecule has 28 heavy (non-hydrogen) atoms. The number of amides is 1. The van der Waals surface area contributed by atoms with Gasteiger partial charge < -0.3 is 29.4 Å². The van der Waals surface area contributed by atoms with Crippen molar-refractivity contribution in [2.75, 3.05) is 50.8 Å². The Kier molecular flexibility index (Phi) is 1.77. The van der Waals surface area contributed by atoms with Crippen molar-refractivity contribution in [1.29, 1.82) is 0 Å². The summed E-state index contributed by atoms with van der Waals surface area (Å²) in [5.41, 5.74) is -0.991. The molecule has 0 aliphatic carbocycles. The first-order chi connectivity index (χ1) is 20.4. The van der Waals surface area contributed by atoms with E-state index in [-0.39, 0.29) is 5.72 Å². The van der Waals surface area contributed by atoms with Crippen molar-refractivity contribution in [2.45, 2.75) is 0 Å². The van der Waals surface area contributed by atoms with E-state index in [0.717, 1.165) is 0 Å². The Morgan fingerprint density at radius 2 is 2.11 bits per heavy atom. The second-order valence-electron chi connectivity index (χ2n) is 5.28. The van der Waals surface area contributed by atoms with E-state index < -0.39 is 116 Å². The molecule has 1 amide bonds. The maximum absolute atomic E-state index is 13.0. The van der Waals surface area contributed by atoms with Crippen molar-refractivity contribution in [3.05, 3.63) is 36.2 Å². The largest absolute Gasteiger partial charge is 0.493 e. The van der Waals surface area contributed by atoms with Crippen LogP contribution in [-0.2, 0) is 0 Å². The average molecular weight is 401 g/mol. The molecular formula is C19H21N5O4. The summed E-state index contributed by atoms with van der Waals surface area (Å²) < 4.78 is 149. The fraction of sp³-hybridized carbons (Fsp3) is 0.316. The molecule has 4 rings (SSSR count). The number of fused-ring (bicyclic) bond motifs is 1. The van der Waals surface area contributed by atoms with Crippen LogP contribution in [0.15, 0.2) is 34.8 Å². The van der Waals surface area contributed by atoms with Crippen LogP contribution < -0.4 is 20.1 Å². The minimum Gasteiger partial charge on any atom is -0.493 e. The molecule has 0 radical (unpaired) electrons. The summed E-state index contributed by atoms with van der Waals surface area (Å²) in [7, 11) is -6.61. The summed E-state index contributed by atoms with van der Waals surface area (Å²) >= 11 is 0. The van der Waals surface area contributed by atoms with Gasteiger partial charge in [-0.05, 0) is 18.1 Å². The molecular weight excluding hydrogens is 362 g/mol. The van der Waals surface area contributed by atoms with Crippen molar-refractivity contribution >= 4 is 28.6 Å². The number of nitrogen functional groups attached to an aromatic ring is 1. The lowest BCUT2D eigenvalue weighted by Gasteiger charge is -2.34. The van der Waals surface area contributed by atoms with Gasteiger partial charge in [0, 0.05) is 37.5 Å². The molecule has 3 heterocycles. The van der Waals surface area contributed by atoms with Gasteiger partial charge in [-0.25, -0.2) is 4.98 Å². The second kappa shape index (κ2) is 7.26. The van der Waals surface area contributed by atoms with Gasteiger partial charge in [-0.2, -0.15) is 4.98 Å². The van der Waals surface area contributed by atoms with Gasteiger partial charge in [0.25, 0.3) is 5.91 Å². The molecule has 1 aliphatic heterocycles. The van der Waals surface area contributed by atoms with Crippen LogP contribution in [0.5, 0.6) is 11.5 Å². The highest BCUT2D eigenvalue weighted by Gasteiger charge is 2.25. The number of hydrogen-bond acceptors (Lipinski definition) is 8. The number of benzene rings is 1. The highest BCUT2D eigenvalue weighted by molar-refractivity contribution is 5.92. The van der Waals surface area contributed by atoms with E-state index in [4.69, 9.17) is 37.3 Å². The summed E-state index contributed by atoms with van der Waals surface area (Å²) in [6, 6.07) is -3.55. The molecule has 0 atom stereocenters. The molecule has 2 N–H and O–H groups in total. The molecule has 0 unspecified atom stereocenters. The second-order valence-corrected chi connectivity index (χ2v) is 5.28. The Labute approximate surface area is 185 Å². The molecule has 3 aromatic rings. The number of furan rings is 1. The number of hydrogen-bond donors (Lipinski definition) is 1. The molecule has 1 saturated heterocycles. The first kappa shape index (κ1) is 6.84. The fourth-order valence-corrected chi connectivity index (χ4v) is 2.36. The molecule has 1 fully saturated rings. The van der Waals surface area contributed by atoms with E-state index in [0.29, 0.717) is 9.80 Å². The van der Waals surface area contributed by atoms with Crippen molar-refractivity contribution < 1.29 is 42.1 Å². The lowest BCUT2D eigenvalue weighted by Crippen LogP contribution is -2.49. The maximum atomic E-state index is 13.0. The number of aromatic nitrogens is 2. The van der Waals surface area contributed by atoms with Crippen LogP contribution in [0.2, 0.25) is 2.82 Å². The van der Waals surface area contributed by atoms with Crippen LogP contribution >= 0.6 is 0 Å². The summed E-state index contributed by atoms with van der Waals surface area (Å²) in [6.45, 7) is -7.73. The number of carbonyl (C=O) groups is 1. The zero-order valence-electron chi connectivity index (χ0n) is 30.8. The molecule has 1 aromatic carbocycles. The Morgan fingerprint density at radius 1 is 1.32 bits per heavy atom. The Balaban J connectivity index is 1.92. The van der Waals surface area contributed by atoms with Crippen molar-refractivity contribution in [3.63, 3.8) is 0 Å². The molecule has 146 valence electrons. The molecule has 2 aromatic heterocycles. The van der Waals surface area contributed by atoms with Gasteiger partial charge in [-0.3, -0.25) is 4.79 Å². The van der Waals surface area contributed by atoms with E-state index in [1.807, 2.05) is 0 Å². The van der Waals surface area contributed by atoms with Gasteiger partial charge in [0.15, 0.2) is 20.1 Å². The molecule has 0 bridgehead atoms. The lowest BCUT2D eigenvalue weighted by molar-refractivity contribution is 0.0714. The van der Waals surface area contributed by atoms with Gasteiger partial charge in [0.05, 0.1) is 45.0 Å². The summed E-state index contributed by atoms with van der Waals surface area (Å²) in [5, 5.41) is -0.695. The Hall–Kier alpha value is -3.49. The van der Waals surface area contributed by atoms with Crippen LogP contribution in [0.1, 0.15) is 31.1 Å².